The summed E-state index contributed by atoms with van der Waals surface area (Å²) in [4.78, 5) is 10.2. The SMILES string of the molecule is C=CCCCCC(C#N)C=O. The number of carbonyl (C=O) groups is 1. The molecule has 0 aromatic rings. The van der Waals surface area contributed by atoms with E-state index >= 15 is 0 Å². The van der Waals surface area contributed by atoms with Crippen LogP contribution in [0.25, 0.3) is 0 Å². The van der Waals surface area contributed by atoms with E-state index in [2.05, 4.69) is 6.58 Å². The zero-order valence-corrected chi connectivity index (χ0v) is 6.62. The summed E-state index contributed by atoms with van der Waals surface area (Å²) < 4.78 is 0. The first-order valence-electron chi connectivity index (χ1n) is 3.81. The van der Waals surface area contributed by atoms with Gasteiger partial charge in [0.25, 0.3) is 0 Å². The monoisotopic (exact) mass is 151 g/mol. The molecule has 0 aromatic heterocycles. The molecule has 0 bridgehead atoms. The Bertz CT molecular complexity index is 157. The van der Waals surface area contributed by atoms with Crippen molar-refractivity contribution in [2.45, 2.75) is 25.7 Å². The van der Waals surface area contributed by atoms with Crippen LogP contribution in [0.15, 0.2) is 12.7 Å². The van der Waals surface area contributed by atoms with Crippen molar-refractivity contribution < 1.29 is 4.79 Å². The van der Waals surface area contributed by atoms with Gasteiger partial charge >= 0.3 is 0 Å². The van der Waals surface area contributed by atoms with Crippen molar-refractivity contribution in [1.82, 2.24) is 0 Å². The first-order chi connectivity index (χ1) is 5.35. The lowest BCUT2D eigenvalue weighted by Crippen LogP contribution is -1.97. The van der Waals surface area contributed by atoms with Crippen LogP contribution in [0.1, 0.15) is 25.7 Å². The van der Waals surface area contributed by atoms with Gasteiger partial charge < -0.3 is 4.79 Å². The highest BCUT2D eigenvalue weighted by Crippen LogP contribution is 2.06. The van der Waals surface area contributed by atoms with Crippen LogP contribution in [0.2, 0.25) is 0 Å². The number of nitrogens with zero attached hydrogens (tertiary/aromatic N) is 1. The third-order valence-electron chi connectivity index (χ3n) is 1.50. The van der Waals surface area contributed by atoms with Crippen LogP contribution in [0, 0.1) is 17.2 Å². The summed E-state index contributed by atoms with van der Waals surface area (Å²) in [5, 5.41) is 8.38. The summed E-state index contributed by atoms with van der Waals surface area (Å²) in [7, 11) is 0. The molecule has 2 nitrogen and oxygen atoms in total. The van der Waals surface area contributed by atoms with E-state index < -0.39 is 5.92 Å². The maximum Gasteiger partial charge on any atom is 0.137 e. The molecule has 0 aromatic carbocycles. The van der Waals surface area contributed by atoms with Gasteiger partial charge in [0.1, 0.15) is 12.2 Å². The van der Waals surface area contributed by atoms with Crippen molar-refractivity contribution in [1.29, 1.82) is 5.26 Å². The second kappa shape index (κ2) is 7.01. The molecular formula is C9H13NO. The second-order valence-electron chi connectivity index (χ2n) is 2.44. The Labute approximate surface area is 67.5 Å². The third-order valence-corrected chi connectivity index (χ3v) is 1.50. The van der Waals surface area contributed by atoms with Crippen LogP contribution >= 0.6 is 0 Å². The lowest BCUT2D eigenvalue weighted by Gasteiger charge is -1.97. The van der Waals surface area contributed by atoms with E-state index in [4.69, 9.17) is 5.26 Å². The maximum atomic E-state index is 10.2. The molecule has 0 fully saturated rings. The highest BCUT2D eigenvalue weighted by atomic mass is 16.1. The number of nitriles is 1. The Morgan fingerprint density at radius 1 is 1.55 bits per heavy atom. The molecule has 0 aliphatic heterocycles. The predicted molar refractivity (Wildman–Crippen MR) is 43.8 cm³/mol. The van der Waals surface area contributed by atoms with E-state index in [-0.39, 0.29) is 0 Å². The molecule has 0 saturated heterocycles. The van der Waals surface area contributed by atoms with Gasteiger partial charge in [-0.2, -0.15) is 5.26 Å². The van der Waals surface area contributed by atoms with Gasteiger partial charge in [-0.25, -0.2) is 0 Å². The normalized spacial score (nSPS) is 11.5. The summed E-state index contributed by atoms with van der Waals surface area (Å²) in [5.41, 5.74) is 0. The second-order valence-corrected chi connectivity index (χ2v) is 2.44. The predicted octanol–water partition coefficient (Wildman–Crippen LogP) is 2.07. The Hall–Kier alpha value is -1.10. The van der Waals surface area contributed by atoms with Crippen LogP contribution in [0.4, 0.5) is 0 Å². The number of hydrogen-bond acceptors (Lipinski definition) is 2. The van der Waals surface area contributed by atoms with Crippen molar-refractivity contribution in [3.8, 4) is 6.07 Å². The van der Waals surface area contributed by atoms with Crippen molar-refractivity contribution in [2.24, 2.45) is 5.92 Å². The summed E-state index contributed by atoms with van der Waals surface area (Å²) in [5.74, 6) is -0.403. The standard InChI is InChI=1S/C9H13NO/c1-2-3-4-5-6-9(7-10)8-11/h2,8-9H,1,3-6H2. The molecule has 0 aliphatic rings. The van der Waals surface area contributed by atoms with Gasteiger partial charge in [-0.15, -0.1) is 6.58 Å². The van der Waals surface area contributed by atoms with Gasteiger partial charge in [-0.1, -0.05) is 12.5 Å². The number of hydrogen-bond donors (Lipinski definition) is 0. The molecule has 0 rings (SSSR count). The van der Waals surface area contributed by atoms with Gasteiger partial charge in [-0.3, -0.25) is 0 Å². The molecule has 0 N–H and O–H groups in total. The highest BCUT2D eigenvalue weighted by molar-refractivity contribution is 5.57. The van der Waals surface area contributed by atoms with Crippen LogP contribution < -0.4 is 0 Å². The number of unbranched alkanes of at least 4 members (excludes halogenated alkanes) is 2. The molecule has 0 radical (unpaired) electrons. The van der Waals surface area contributed by atoms with E-state index in [0.717, 1.165) is 19.3 Å². The molecule has 60 valence electrons. The van der Waals surface area contributed by atoms with Crippen LogP contribution in [0.5, 0.6) is 0 Å². The summed E-state index contributed by atoms with van der Waals surface area (Å²) in [6.45, 7) is 3.58. The molecular weight excluding hydrogens is 138 g/mol. The molecule has 0 amide bonds. The van der Waals surface area contributed by atoms with Crippen molar-refractivity contribution in [2.75, 3.05) is 0 Å². The highest BCUT2D eigenvalue weighted by Gasteiger charge is 2.02. The van der Waals surface area contributed by atoms with Crippen LogP contribution in [-0.2, 0) is 4.79 Å². The summed E-state index contributed by atoms with van der Waals surface area (Å²) in [6, 6.07) is 1.93. The van der Waals surface area contributed by atoms with Crippen LogP contribution in [-0.4, -0.2) is 6.29 Å². The zero-order chi connectivity index (χ0) is 8.53. The van der Waals surface area contributed by atoms with E-state index in [1.54, 1.807) is 0 Å². The van der Waals surface area contributed by atoms with Crippen LogP contribution in [0.3, 0.4) is 0 Å². The molecule has 11 heavy (non-hydrogen) atoms. The van der Waals surface area contributed by atoms with E-state index in [9.17, 15) is 4.79 Å². The molecule has 0 spiro atoms. The fourth-order valence-corrected chi connectivity index (χ4v) is 0.816. The first-order valence-corrected chi connectivity index (χ1v) is 3.81. The molecule has 1 atom stereocenters. The zero-order valence-electron chi connectivity index (χ0n) is 6.62. The quantitative estimate of drug-likeness (QED) is 0.331. The fraction of sp³-hybridized carbons (Fsp3) is 0.556. The Kier molecular flexibility index (Phi) is 6.31. The minimum atomic E-state index is -0.403. The van der Waals surface area contributed by atoms with E-state index in [1.807, 2.05) is 12.1 Å². The Morgan fingerprint density at radius 2 is 2.27 bits per heavy atom. The van der Waals surface area contributed by atoms with Crippen molar-refractivity contribution in [3.05, 3.63) is 12.7 Å². The fourth-order valence-electron chi connectivity index (χ4n) is 0.816. The molecule has 0 heterocycles. The Morgan fingerprint density at radius 3 is 2.73 bits per heavy atom. The maximum absolute atomic E-state index is 10.2. The number of aldehydes is 1. The van der Waals surface area contributed by atoms with Gasteiger partial charge in [0.2, 0.25) is 0 Å². The molecule has 0 aliphatic carbocycles. The molecule has 1 unspecified atom stereocenters. The smallest absolute Gasteiger partial charge is 0.137 e. The van der Waals surface area contributed by atoms with Gasteiger partial charge in [0.15, 0.2) is 0 Å². The average molecular weight is 151 g/mol. The molecule has 2 heteroatoms. The topological polar surface area (TPSA) is 40.9 Å². The number of rotatable bonds is 6. The first kappa shape index (κ1) is 9.90. The van der Waals surface area contributed by atoms with Crippen molar-refractivity contribution >= 4 is 6.29 Å². The Balaban J connectivity index is 3.30. The van der Waals surface area contributed by atoms with Crippen molar-refractivity contribution in [3.63, 3.8) is 0 Å². The number of allylic oxidation sites excluding steroid dienone is 1. The lowest BCUT2D eigenvalue weighted by molar-refractivity contribution is -0.109. The summed E-state index contributed by atoms with van der Waals surface area (Å²) >= 11 is 0. The van der Waals surface area contributed by atoms with E-state index in [0.29, 0.717) is 12.7 Å². The minimum absolute atomic E-state index is 0.403. The van der Waals surface area contributed by atoms with Gasteiger partial charge in [0.05, 0.1) is 6.07 Å². The average Bonchev–Trinajstić information content (AvgIpc) is 2.05. The minimum Gasteiger partial charge on any atom is -0.302 e. The lowest BCUT2D eigenvalue weighted by atomic mass is 10.0. The molecule has 0 saturated carbocycles. The third kappa shape index (κ3) is 5.35. The number of carbonyl (C=O) groups excluding carboxylic acids is 1. The van der Waals surface area contributed by atoms with Gasteiger partial charge in [-0.05, 0) is 19.3 Å². The van der Waals surface area contributed by atoms with E-state index in [1.165, 1.54) is 0 Å². The largest absolute Gasteiger partial charge is 0.302 e. The van der Waals surface area contributed by atoms with Gasteiger partial charge in [0, 0.05) is 0 Å². The summed E-state index contributed by atoms with van der Waals surface area (Å²) in [6.07, 6.45) is 6.18.